The molecule has 1 aliphatic heterocycles. The molecular weight excluding hydrogens is 340 g/mol. The van der Waals surface area contributed by atoms with Crippen molar-refractivity contribution < 1.29 is 14.4 Å². The molecule has 0 saturated carbocycles. The minimum Gasteiger partial charge on any atom is -0.326 e. The van der Waals surface area contributed by atoms with E-state index < -0.39 is 0 Å². The molecular formula is C19H21ClN2O3. The molecule has 1 aliphatic carbocycles. The van der Waals surface area contributed by atoms with E-state index in [1.165, 1.54) is 4.90 Å². The Hall–Kier alpha value is -2.14. The van der Waals surface area contributed by atoms with Gasteiger partial charge in [-0.3, -0.25) is 19.3 Å². The van der Waals surface area contributed by atoms with Crippen molar-refractivity contribution >= 4 is 35.0 Å². The number of anilines is 1. The van der Waals surface area contributed by atoms with E-state index in [2.05, 4.69) is 5.32 Å². The highest BCUT2D eigenvalue weighted by Crippen LogP contribution is 2.35. The van der Waals surface area contributed by atoms with Gasteiger partial charge in [0.2, 0.25) is 17.7 Å². The van der Waals surface area contributed by atoms with Crippen molar-refractivity contribution in [3.63, 3.8) is 0 Å². The molecule has 1 saturated heterocycles. The number of imide groups is 1. The third-order valence-corrected chi connectivity index (χ3v) is 5.34. The number of carbonyl (C=O) groups is 3. The molecule has 25 heavy (non-hydrogen) atoms. The van der Waals surface area contributed by atoms with Crippen LogP contribution in [0, 0.1) is 18.8 Å². The summed E-state index contributed by atoms with van der Waals surface area (Å²) in [6.45, 7) is 2.14. The van der Waals surface area contributed by atoms with Gasteiger partial charge in [0.15, 0.2) is 0 Å². The molecule has 1 fully saturated rings. The zero-order valence-corrected chi connectivity index (χ0v) is 14.9. The van der Waals surface area contributed by atoms with Gasteiger partial charge in [-0.25, -0.2) is 0 Å². The van der Waals surface area contributed by atoms with Crippen molar-refractivity contribution in [2.24, 2.45) is 11.8 Å². The molecule has 0 unspecified atom stereocenters. The van der Waals surface area contributed by atoms with Crippen molar-refractivity contribution in [3.05, 3.63) is 40.9 Å². The summed E-state index contributed by atoms with van der Waals surface area (Å²) in [6.07, 6.45) is 5.92. The Morgan fingerprint density at radius 1 is 1.20 bits per heavy atom. The Morgan fingerprint density at radius 2 is 1.84 bits per heavy atom. The van der Waals surface area contributed by atoms with Crippen molar-refractivity contribution in [2.75, 3.05) is 11.9 Å². The van der Waals surface area contributed by atoms with Crippen LogP contribution in [-0.2, 0) is 14.4 Å². The summed E-state index contributed by atoms with van der Waals surface area (Å²) in [6, 6.07) is 5.35. The van der Waals surface area contributed by atoms with E-state index in [0.29, 0.717) is 36.5 Å². The molecule has 132 valence electrons. The highest BCUT2D eigenvalue weighted by Gasteiger charge is 2.46. The van der Waals surface area contributed by atoms with Crippen LogP contribution in [0.3, 0.4) is 0 Å². The predicted octanol–water partition coefficient (Wildman–Crippen LogP) is 3.32. The maximum absolute atomic E-state index is 12.4. The lowest BCUT2D eigenvalue weighted by Crippen LogP contribution is -2.32. The number of halogens is 1. The molecule has 2 atom stereocenters. The molecule has 3 amide bonds. The smallest absolute Gasteiger partial charge is 0.233 e. The van der Waals surface area contributed by atoms with Crippen LogP contribution in [0.2, 0.25) is 5.02 Å². The van der Waals surface area contributed by atoms with Crippen LogP contribution in [0.15, 0.2) is 30.4 Å². The van der Waals surface area contributed by atoms with Crippen molar-refractivity contribution in [2.45, 2.75) is 32.6 Å². The first kappa shape index (κ1) is 17.7. The first-order valence-corrected chi connectivity index (χ1v) is 8.92. The zero-order valence-electron chi connectivity index (χ0n) is 14.1. The van der Waals surface area contributed by atoms with E-state index in [1.807, 2.05) is 19.1 Å². The summed E-state index contributed by atoms with van der Waals surface area (Å²) < 4.78 is 0. The van der Waals surface area contributed by atoms with Gasteiger partial charge in [-0.2, -0.15) is 0 Å². The van der Waals surface area contributed by atoms with Gasteiger partial charge in [0.05, 0.1) is 11.8 Å². The minimum absolute atomic E-state index is 0.0922. The highest BCUT2D eigenvalue weighted by molar-refractivity contribution is 6.31. The molecule has 1 heterocycles. The fourth-order valence-corrected chi connectivity index (χ4v) is 3.62. The summed E-state index contributed by atoms with van der Waals surface area (Å²) in [5.74, 6) is -0.750. The Balaban J connectivity index is 1.51. The number of hydrogen-bond acceptors (Lipinski definition) is 3. The number of fused-ring (bicyclic) bond motifs is 1. The van der Waals surface area contributed by atoms with E-state index >= 15 is 0 Å². The van der Waals surface area contributed by atoms with Crippen LogP contribution >= 0.6 is 11.6 Å². The normalized spacial score (nSPS) is 22.2. The Bertz CT molecular complexity index is 718. The van der Waals surface area contributed by atoms with E-state index in [1.54, 1.807) is 18.2 Å². The van der Waals surface area contributed by atoms with Gasteiger partial charge in [0.1, 0.15) is 0 Å². The SMILES string of the molecule is Cc1c(Cl)cccc1NC(=O)CCCN1C(=O)[C@H]2CC=CC[C@@H]2C1=O. The maximum Gasteiger partial charge on any atom is 0.233 e. The van der Waals surface area contributed by atoms with E-state index in [9.17, 15) is 14.4 Å². The van der Waals surface area contributed by atoms with Crippen LogP contribution in [0.4, 0.5) is 5.69 Å². The summed E-state index contributed by atoms with van der Waals surface area (Å²) >= 11 is 6.04. The Labute approximate surface area is 152 Å². The molecule has 6 heteroatoms. The summed E-state index contributed by atoms with van der Waals surface area (Å²) in [5, 5.41) is 3.43. The average Bonchev–Trinajstić information content (AvgIpc) is 2.84. The molecule has 5 nitrogen and oxygen atoms in total. The van der Waals surface area contributed by atoms with Crippen LogP contribution in [0.1, 0.15) is 31.2 Å². The van der Waals surface area contributed by atoms with Crippen LogP contribution in [0.25, 0.3) is 0 Å². The molecule has 0 spiro atoms. The standard InChI is InChI=1S/C19H21ClN2O3/c1-12-15(20)8-4-9-16(12)21-17(23)10-5-11-22-18(24)13-6-2-3-7-14(13)19(22)25/h2-4,8-9,13-14H,5-7,10-11H2,1H3,(H,21,23)/t13-,14-/m0/s1. The second kappa shape index (κ2) is 7.40. The first-order valence-electron chi connectivity index (χ1n) is 8.54. The van der Waals surface area contributed by atoms with Crippen LogP contribution < -0.4 is 5.32 Å². The van der Waals surface area contributed by atoms with Crippen molar-refractivity contribution in [3.8, 4) is 0 Å². The number of hydrogen-bond donors (Lipinski definition) is 1. The fourth-order valence-electron chi connectivity index (χ4n) is 3.44. The third-order valence-electron chi connectivity index (χ3n) is 4.93. The van der Waals surface area contributed by atoms with E-state index in [0.717, 1.165) is 5.56 Å². The summed E-state index contributed by atoms with van der Waals surface area (Å²) in [7, 11) is 0. The zero-order chi connectivity index (χ0) is 18.0. The van der Waals surface area contributed by atoms with Gasteiger partial charge < -0.3 is 5.32 Å². The minimum atomic E-state index is -0.208. The number of benzene rings is 1. The topological polar surface area (TPSA) is 66.5 Å². The van der Waals surface area contributed by atoms with Gasteiger partial charge in [-0.15, -0.1) is 0 Å². The molecule has 1 N–H and O–H groups in total. The molecule has 0 aromatic heterocycles. The summed E-state index contributed by atoms with van der Waals surface area (Å²) in [5.41, 5.74) is 1.50. The fraction of sp³-hybridized carbons (Fsp3) is 0.421. The van der Waals surface area contributed by atoms with Gasteiger partial charge in [0, 0.05) is 23.7 Å². The monoisotopic (exact) mass is 360 g/mol. The van der Waals surface area contributed by atoms with Gasteiger partial charge >= 0.3 is 0 Å². The average molecular weight is 361 g/mol. The number of carbonyl (C=O) groups excluding carboxylic acids is 3. The molecule has 1 aromatic carbocycles. The number of likely N-dealkylation sites (tertiary alicyclic amines) is 1. The number of amides is 3. The third kappa shape index (κ3) is 3.61. The second-order valence-corrected chi connectivity index (χ2v) is 6.96. The Kier molecular flexibility index (Phi) is 5.23. The van der Waals surface area contributed by atoms with Gasteiger partial charge in [-0.05, 0) is 43.9 Å². The quantitative estimate of drug-likeness (QED) is 0.647. The Morgan fingerprint density at radius 3 is 2.48 bits per heavy atom. The first-order chi connectivity index (χ1) is 12.0. The van der Waals surface area contributed by atoms with Crippen LogP contribution in [0.5, 0.6) is 0 Å². The van der Waals surface area contributed by atoms with Gasteiger partial charge in [-0.1, -0.05) is 29.8 Å². The number of allylic oxidation sites excluding steroid dienone is 2. The lowest BCUT2D eigenvalue weighted by atomic mass is 9.85. The molecule has 0 bridgehead atoms. The maximum atomic E-state index is 12.4. The van der Waals surface area contributed by atoms with Crippen LogP contribution in [-0.4, -0.2) is 29.2 Å². The summed E-state index contributed by atoms with van der Waals surface area (Å²) in [4.78, 5) is 38.2. The lowest BCUT2D eigenvalue weighted by Gasteiger charge is -2.14. The molecule has 2 aliphatic rings. The van der Waals surface area contributed by atoms with Crippen molar-refractivity contribution in [1.82, 2.24) is 4.90 Å². The van der Waals surface area contributed by atoms with E-state index in [4.69, 9.17) is 11.6 Å². The van der Waals surface area contributed by atoms with Gasteiger partial charge in [0.25, 0.3) is 0 Å². The highest BCUT2D eigenvalue weighted by atomic mass is 35.5. The predicted molar refractivity (Wildman–Crippen MR) is 96.1 cm³/mol. The second-order valence-electron chi connectivity index (χ2n) is 6.55. The van der Waals surface area contributed by atoms with E-state index in [-0.39, 0.29) is 36.0 Å². The molecule has 1 aromatic rings. The number of nitrogens with zero attached hydrogens (tertiary/aromatic N) is 1. The number of nitrogens with one attached hydrogen (secondary N) is 1. The van der Waals surface area contributed by atoms with Crippen molar-refractivity contribution in [1.29, 1.82) is 0 Å². The molecule has 0 radical (unpaired) electrons. The lowest BCUT2D eigenvalue weighted by molar-refractivity contribution is -0.140. The molecule has 3 rings (SSSR count). The number of rotatable bonds is 5. The largest absolute Gasteiger partial charge is 0.326 e.